The second-order valence-corrected chi connectivity index (χ2v) is 7.23. The first-order valence-corrected chi connectivity index (χ1v) is 8.65. The topological polar surface area (TPSA) is 101 Å². The van der Waals surface area contributed by atoms with Crippen molar-refractivity contribution in [3.8, 4) is 5.75 Å². The van der Waals surface area contributed by atoms with Crippen LogP contribution in [0.15, 0.2) is 30.3 Å². The van der Waals surface area contributed by atoms with E-state index in [4.69, 9.17) is 4.74 Å². The lowest BCUT2D eigenvalue weighted by Gasteiger charge is -2.38. The van der Waals surface area contributed by atoms with Crippen LogP contribution in [-0.2, 0) is 16.0 Å². The average Bonchev–Trinajstić information content (AvgIpc) is 2.64. The molecule has 2 N–H and O–H groups in total. The minimum absolute atomic E-state index is 0.0393. The van der Waals surface area contributed by atoms with Crippen molar-refractivity contribution < 1.29 is 29.3 Å². The fourth-order valence-electron chi connectivity index (χ4n) is 4.17. The van der Waals surface area contributed by atoms with Gasteiger partial charge in [0.1, 0.15) is 11.7 Å². The highest BCUT2D eigenvalue weighted by atomic mass is 16.5. The smallest absolute Gasteiger partial charge is 0.316 e. The molecule has 27 heavy (non-hydrogen) atoms. The molecule has 0 amide bonds. The lowest BCUT2D eigenvalue weighted by Crippen LogP contribution is -2.42. The van der Waals surface area contributed by atoms with E-state index in [2.05, 4.69) is 0 Å². The summed E-state index contributed by atoms with van der Waals surface area (Å²) < 4.78 is 4.84. The zero-order valence-electron chi connectivity index (χ0n) is 14.9. The summed E-state index contributed by atoms with van der Waals surface area (Å²) >= 11 is 0. The number of aromatic hydroxyl groups is 1. The Hall–Kier alpha value is -2.99. The molecule has 0 heterocycles. The van der Waals surface area contributed by atoms with Gasteiger partial charge in [-0.3, -0.25) is 14.4 Å². The van der Waals surface area contributed by atoms with Crippen molar-refractivity contribution in [2.24, 2.45) is 0 Å². The van der Waals surface area contributed by atoms with Gasteiger partial charge in [-0.15, -0.1) is 0 Å². The molecule has 2 aromatic carbocycles. The Labute approximate surface area is 155 Å². The van der Waals surface area contributed by atoms with E-state index in [0.29, 0.717) is 11.1 Å². The molecular weight excluding hydrogens is 348 g/mol. The second-order valence-electron chi connectivity index (χ2n) is 7.23. The summed E-state index contributed by atoms with van der Waals surface area (Å²) in [4.78, 5) is 38.2. The van der Waals surface area contributed by atoms with Crippen LogP contribution in [0.1, 0.15) is 62.2 Å². The summed E-state index contributed by atoms with van der Waals surface area (Å²) in [5, 5.41) is 21.5. The number of phenolic OH excluding ortho intramolecular Hbond substituents is 1. The standard InChI is InChI=1S/C21H18O6/c1-21(26)8-7-12-13(16(21)20(25)27-2)9-14-15(19(12)24)18(23)11-6-4-3-5-10(11)17(14)22/h3-6,9,16,24,26H,7-8H2,1-2H3/t16-,21+/m0/s1. The molecule has 4 rings (SSSR count). The van der Waals surface area contributed by atoms with Crippen LogP contribution in [0.4, 0.5) is 0 Å². The summed E-state index contributed by atoms with van der Waals surface area (Å²) in [5.41, 5.74) is -0.153. The van der Waals surface area contributed by atoms with Crippen LogP contribution in [0.3, 0.4) is 0 Å². The third-order valence-corrected chi connectivity index (χ3v) is 5.58. The first-order valence-electron chi connectivity index (χ1n) is 8.65. The Morgan fingerprint density at radius 1 is 1.15 bits per heavy atom. The lowest BCUT2D eigenvalue weighted by molar-refractivity contribution is -0.149. The maximum atomic E-state index is 13.0. The van der Waals surface area contributed by atoms with E-state index >= 15 is 0 Å². The number of hydrogen-bond acceptors (Lipinski definition) is 6. The van der Waals surface area contributed by atoms with Gasteiger partial charge >= 0.3 is 5.97 Å². The van der Waals surface area contributed by atoms with E-state index in [9.17, 15) is 24.6 Å². The Kier molecular flexibility index (Phi) is 3.71. The van der Waals surface area contributed by atoms with Gasteiger partial charge in [0.2, 0.25) is 0 Å². The molecule has 0 fully saturated rings. The van der Waals surface area contributed by atoms with E-state index in [1.807, 2.05) is 0 Å². The Morgan fingerprint density at radius 3 is 2.41 bits per heavy atom. The van der Waals surface area contributed by atoms with E-state index in [1.54, 1.807) is 24.3 Å². The predicted octanol–water partition coefficient (Wildman–Crippen LogP) is 2.12. The third kappa shape index (κ3) is 2.33. The Bertz CT molecular complexity index is 1020. The van der Waals surface area contributed by atoms with Crippen molar-refractivity contribution in [1.82, 2.24) is 0 Å². The van der Waals surface area contributed by atoms with Gasteiger partial charge < -0.3 is 14.9 Å². The van der Waals surface area contributed by atoms with E-state index < -0.39 is 29.1 Å². The van der Waals surface area contributed by atoms with Crippen molar-refractivity contribution in [2.45, 2.75) is 31.3 Å². The molecule has 2 aliphatic carbocycles. The number of carbonyl (C=O) groups is 3. The minimum atomic E-state index is -1.39. The summed E-state index contributed by atoms with van der Waals surface area (Å²) in [5.74, 6) is -2.82. The van der Waals surface area contributed by atoms with Crippen molar-refractivity contribution in [2.75, 3.05) is 7.11 Å². The monoisotopic (exact) mass is 366 g/mol. The van der Waals surface area contributed by atoms with Crippen LogP contribution in [0.2, 0.25) is 0 Å². The zero-order chi connectivity index (χ0) is 19.5. The van der Waals surface area contributed by atoms with Crippen LogP contribution in [0, 0.1) is 0 Å². The fourth-order valence-corrected chi connectivity index (χ4v) is 4.17. The van der Waals surface area contributed by atoms with Gasteiger partial charge in [0, 0.05) is 16.7 Å². The molecule has 2 aromatic rings. The van der Waals surface area contributed by atoms with E-state index in [0.717, 1.165) is 0 Å². The van der Waals surface area contributed by atoms with E-state index in [-0.39, 0.29) is 40.8 Å². The maximum absolute atomic E-state index is 13.0. The SMILES string of the molecule is COC(=O)[C@@H]1c2cc3c(c(O)c2CC[C@@]1(C)O)C(=O)c1ccccc1C3=O. The average molecular weight is 366 g/mol. The van der Waals surface area contributed by atoms with Gasteiger partial charge in [-0.25, -0.2) is 0 Å². The molecule has 0 saturated carbocycles. The number of fused-ring (bicyclic) bond motifs is 3. The number of methoxy groups -OCH3 is 1. The minimum Gasteiger partial charge on any atom is -0.507 e. The van der Waals surface area contributed by atoms with Crippen LogP contribution >= 0.6 is 0 Å². The van der Waals surface area contributed by atoms with Crippen molar-refractivity contribution in [1.29, 1.82) is 0 Å². The molecule has 0 aromatic heterocycles. The number of phenols is 1. The Balaban J connectivity index is 2.00. The fraction of sp³-hybridized carbons (Fsp3) is 0.286. The van der Waals surface area contributed by atoms with Crippen molar-refractivity contribution >= 4 is 17.5 Å². The first-order chi connectivity index (χ1) is 12.8. The molecule has 0 bridgehead atoms. The molecular formula is C21H18O6. The molecule has 2 atom stereocenters. The van der Waals surface area contributed by atoms with Crippen LogP contribution in [0.5, 0.6) is 5.75 Å². The number of esters is 1. The highest BCUT2D eigenvalue weighted by Gasteiger charge is 2.46. The largest absolute Gasteiger partial charge is 0.507 e. The molecule has 0 radical (unpaired) electrons. The van der Waals surface area contributed by atoms with Gasteiger partial charge in [0.25, 0.3) is 0 Å². The number of hydrogen-bond donors (Lipinski definition) is 2. The molecule has 138 valence electrons. The molecule has 0 spiro atoms. The quantitative estimate of drug-likeness (QED) is 0.640. The summed E-state index contributed by atoms with van der Waals surface area (Å²) in [6.07, 6.45) is 0.489. The molecule has 6 heteroatoms. The summed E-state index contributed by atoms with van der Waals surface area (Å²) in [7, 11) is 1.22. The first kappa shape index (κ1) is 17.4. The predicted molar refractivity (Wildman–Crippen MR) is 95.1 cm³/mol. The van der Waals surface area contributed by atoms with Crippen molar-refractivity contribution in [3.05, 3.63) is 63.7 Å². The van der Waals surface area contributed by atoms with Gasteiger partial charge in [0.15, 0.2) is 11.6 Å². The van der Waals surface area contributed by atoms with Gasteiger partial charge in [0.05, 0.1) is 18.3 Å². The Morgan fingerprint density at radius 2 is 1.78 bits per heavy atom. The third-order valence-electron chi connectivity index (χ3n) is 5.58. The number of rotatable bonds is 1. The number of carbonyl (C=O) groups excluding carboxylic acids is 3. The van der Waals surface area contributed by atoms with E-state index in [1.165, 1.54) is 20.1 Å². The molecule has 6 nitrogen and oxygen atoms in total. The van der Waals surface area contributed by atoms with Gasteiger partial charge in [-0.2, -0.15) is 0 Å². The second kappa shape index (κ2) is 5.76. The van der Waals surface area contributed by atoms with Gasteiger partial charge in [-0.05, 0) is 37.0 Å². The lowest BCUT2D eigenvalue weighted by atomic mass is 9.70. The highest BCUT2D eigenvalue weighted by Crippen LogP contribution is 2.46. The highest BCUT2D eigenvalue weighted by molar-refractivity contribution is 6.29. The summed E-state index contributed by atoms with van der Waals surface area (Å²) in [6, 6.07) is 7.89. The summed E-state index contributed by atoms with van der Waals surface area (Å²) in [6.45, 7) is 1.52. The molecule has 2 aliphatic rings. The maximum Gasteiger partial charge on any atom is 0.316 e. The number of aliphatic hydroxyl groups is 1. The van der Waals surface area contributed by atoms with Crippen LogP contribution in [0.25, 0.3) is 0 Å². The zero-order valence-corrected chi connectivity index (χ0v) is 14.9. The van der Waals surface area contributed by atoms with Crippen LogP contribution < -0.4 is 0 Å². The van der Waals surface area contributed by atoms with Gasteiger partial charge in [-0.1, -0.05) is 24.3 Å². The molecule has 0 aliphatic heterocycles. The molecule has 0 unspecified atom stereocenters. The molecule has 0 saturated heterocycles. The van der Waals surface area contributed by atoms with Crippen LogP contribution in [-0.4, -0.2) is 40.5 Å². The number of ether oxygens (including phenoxy) is 1. The number of benzene rings is 2. The normalized spacial score (nSPS) is 23.3. The van der Waals surface area contributed by atoms with Crippen molar-refractivity contribution in [3.63, 3.8) is 0 Å². The number of ketones is 2.